The summed E-state index contributed by atoms with van der Waals surface area (Å²) in [5, 5.41) is 0.346. The zero-order chi connectivity index (χ0) is 22.1. The lowest BCUT2D eigenvalue weighted by Gasteiger charge is -2.19. The summed E-state index contributed by atoms with van der Waals surface area (Å²) in [7, 11) is 0. The molecule has 0 aliphatic carbocycles. The van der Waals surface area contributed by atoms with Crippen LogP contribution < -0.4 is 0 Å². The molecule has 1 saturated heterocycles. The predicted octanol–water partition coefficient (Wildman–Crippen LogP) is 1.36. The van der Waals surface area contributed by atoms with Gasteiger partial charge in [0.15, 0.2) is 0 Å². The molecule has 1 unspecified atom stereocenters. The van der Waals surface area contributed by atoms with Gasteiger partial charge in [-0.2, -0.15) is 0 Å². The Bertz CT molecular complexity index is 712. The number of carbonyl (C=O) groups excluding carboxylic acids is 6. The van der Waals surface area contributed by atoms with E-state index in [0.29, 0.717) is 30.7 Å². The molecule has 1 atom stereocenters. The number of hydrogen-bond acceptors (Lipinski definition) is 9. The lowest BCUT2D eigenvalue weighted by Crippen LogP contribution is -2.34. The van der Waals surface area contributed by atoms with Crippen molar-refractivity contribution < 1.29 is 43.1 Å². The number of hydrogen-bond donors (Lipinski definition) is 0. The van der Waals surface area contributed by atoms with E-state index in [4.69, 9.17) is 9.47 Å². The lowest BCUT2D eigenvalue weighted by molar-refractivity contribution is -0.194. The second-order valence-electron chi connectivity index (χ2n) is 6.72. The van der Waals surface area contributed by atoms with E-state index in [1.807, 2.05) is 0 Å². The van der Waals surface area contributed by atoms with Crippen molar-refractivity contribution in [1.29, 1.82) is 0 Å². The summed E-state index contributed by atoms with van der Waals surface area (Å²) >= 11 is 0. The van der Waals surface area contributed by atoms with Crippen LogP contribution in [-0.4, -0.2) is 58.6 Å². The van der Waals surface area contributed by atoms with E-state index in [1.54, 1.807) is 6.92 Å². The lowest BCUT2D eigenvalue weighted by atomic mass is 10.2. The number of rotatable bonds is 11. The Labute approximate surface area is 172 Å². The van der Waals surface area contributed by atoms with Crippen molar-refractivity contribution in [2.45, 2.75) is 64.6 Å². The minimum absolute atomic E-state index is 0.0456. The molecule has 0 spiro atoms. The molecular weight excluding hydrogens is 400 g/mol. The first-order chi connectivity index (χ1) is 14.3. The van der Waals surface area contributed by atoms with Gasteiger partial charge < -0.3 is 9.47 Å². The summed E-state index contributed by atoms with van der Waals surface area (Å²) in [5.41, 5.74) is 0. The van der Waals surface area contributed by atoms with Gasteiger partial charge in [0.25, 0.3) is 29.9 Å². The van der Waals surface area contributed by atoms with Crippen LogP contribution in [0.25, 0.3) is 0 Å². The van der Waals surface area contributed by atoms with E-state index >= 15 is 0 Å². The highest BCUT2D eigenvalue weighted by Crippen LogP contribution is 2.15. The Hall–Kier alpha value is -3.24. The molecule has 0 aromatic rings. The fraction of sp³-hybridized carbons (Fsp3) is 0.579. The van der Waals surface area contributed by atoms with Crippen LogP contribution in [0.5, 0.6) is 0 Å². The van der Waals surface area contributed by atoms with Crippen LogP contribution in [0.4, 0.5) is 4.79 Å². The molecule has 0 radical (unpaired) electrons. The molecule has 0 saturated carbocycles. The Morgan fingerprint density at radius 1 is 0.967 bits per heavy atom. The first kappa shape index (κ1) is 23.0. The van der Waals surface area contributed by atoms with Gasteiger partial charge in [-0.25, -0.2) is 4.79 Å². The fourth-order valence-corrected chi connectivity index (χ4v) is 2.81. The Morgan fingerprint density at radius 2 is 1.60 bits per heavy atom. The second-order valence-corrected chi connectivity index (χ2v) is 6.72. The van der Waals surface area contributed by atoms with Crippen molar-refractivity contribution in [3.05, 3.63) is 12.2 Å². The molecule has 2 aliphatic heterocycles. The number of imide groups is 2. The first-order valence-electron chi connectivity index (χ1n) is 9.79. The quantitative estimate of drug-likeness (QED) is 0.208. The molecule has 164 valence electrons. The molecule has 2 rings (SSSR count). The van der Waals surface area contributed by atoms with Crippen LogP contribution in [0, 0.1) is 0 Å². The van der Waals surface area contributed by atoms with Crippen molar-refractivity contribution >= 4 is 35.8 Å². The van der Waals surface area contributed by atoms with Gasteiger partial charge in [0.1, 0.15) is 0 Å². The minimum Gasteiger partial charge on any atom is -0.425 e. The zero-order valence-corrected chi connectivity index (χ0v) is 16.7. The maximum absolute atomic E-state index is 12.0. The summed E-state index contributed by atoms with van der Waals surface area (Å²) in [6.45, 7) is 2.07. The van der Waals surface area contributed by atoms with Gasteiger partial charge >= 0.3 is 12.1 Å². The first-order valence-corrected chi connectivity index (χ1v) is 9.79. The molecule has 11 nitrogen and oxygen atoms in total. The highest BCUT2D eigenvalue weighted by atomic mass is 16.9. The van der Waals surface area contributed by atoms with Crippen LogP contribution in [0.1, 0.15) is 58.3 Å². The van der Waals surface area contributed by atoms with Gasteiger partial charge in [-0.15, -0.1) is 0 Å². The molecular formula is C19H24N2O9. The molecule has 2 aliphatic rings. The van der Waals surface area contributed by atoms with E-state index in [9.17, 15) is 28.8 Å². The fourth-order valence-electron chi connectivity index (χ4n) is 2.81. The summed E-state index contributed by atoms with van der Waals surface area (Å²) in [5.74, 6) is -2.57. The van der Waals surface area contributed by atoms with Crippen molar-refractivity contribution in [1.82, 2.24) is 9.96 Å². The van der Waals surface area contributed by atoms with Crippen LogP contribution in [-0.2, 0) is 38.3 Å². The highest BCUT2D eigenvalue weighted by Gasteiger charge is 2.34. The number of carbonyl (C=O) groups is 6. The molecule has 1 fully saturated rings. The molecule has 2 heterocycles. The van der Waals surface area contributed by atoms with E-state index in [0.717, 1.165) is 4.90 Å². The third-order valence-electron chi connectivity index (χ3n) is 4.35. The normalized spacial score (nSPS) is 17.0. The summed E-state index contributed by atoms with van der Waals surface area (Å²) in [6.07, 6.45) is 2.25. The molecule has 0 N–H and O–H groups in total. The Kier molecular flexibility index (Phi) is 8.51. The Balaban J connectivity index is 1.67. The number of amides is 4. The average molecular weight is 424 g/mol. The number of nitrogens with zero attached hydrogens (tertiary/aromatic N) is 2. The van der Waals surface area contributed by atoms with Gasteiger partial charge in [0.05, 0.1) is 0 Å². The van der Waals surface area contributed by atoms with Gasteiger partial charge in [0.2, 0.25) is 0 Å². The number of hydroxylamine groups is 2. The topological polar surface area (TPSA) is 137 Å². The average Bonchev–Trinajstić information content (AvgIpc) is 3.17. The SMILES string of the molecule is CCCC(OC(=O)CCCCCN1C(=O)C=CC1=O)OC(=O)ON1C(=O)CCC1=O. The van der Waals surface area contributed by atoms with Crippen LogP contribution in [0.15, 0.2) is 12.2 Å². The largest absolute Gasteiger partial charge is 0.537 e. The van der Waals surface area contributed by atoms with E-state index in [-0.39, 0.29) is 44.0 Å². The van der Waals surface area contributed by atoms with Crippen LogP contribution in [0.3, 0.4) is 0 Å². The van der Waals surface area contributed by atoms with E-state index < -0.39 is 30.2 Å². The maximum Gasteiger partial charge on any atom is 0.537 e. The molecule has 0 aromatic heterocycles. The molecule has 30 heavy (non-hydrogen) atoms. The third-order valence-corrected chi connectivity index (χ3v) is 4.35. The van der Waals surface area contributed by atoms with Crippen molar-refractivity contribution in [2.75, 3.05) is 6.54 Å². The Morgan fingerprint density at radius 3 is 2.20 bits per heavy atom. The van der Waals surface area contributed by atoms with Gasteiger partial charge in [-0.05, 0) is 19.3 Å². The second kappa shape index (κ2) is 11.1. The summed E-state index contributed by atoms with van der Waals surface area (Å²) in [6, 6.07) is 0. The van der Waals surface area contributed by atoms with Crippen LogP contribution in [0.2, 0.25) is 0 Å². The smallest absolute Gasteiger partial charge is 0.425 e. The number of esters is 1. The molecule has 0 aromatic carbocycles. The monoisotopic (exact) mass is 424 g/mol. The van der Waals surface area contributed by atoms with Gasteiger partial charge in [-0.1, -0.05) is 18.4 Å². The van der Waals surface area contributed by atoms with E-state index in [1.165, 1.54) is 12.2 Å². The van der Waals surface area contributed by atoms with E-state index in [2.05, 4.69) is 4.84 Å². The maximum atomic E-state index is 12.0. The molecule has 0 bridgehead atoms. The number of ether oxygens (including phenoxy) is 2. The summed E-state index contributed by atoms with van der Waals surface area (Å²) in [4.78, 5) is 75.2. The zero-order valence-electron chi connectivity index (χ0n) is 16.7. The predicted molar refractivity (Wildman–Crippen MR) is 97.8 cm³/mol. The van der Waals surface area contributed by atoms with Crippen LogP contribution >= 0.6 is 0 Å². The van der Waals surface area contributed by atoms with Gasteiger partial charge in [-0.3, -0.25) is 33.7 Å². The minimum atomic E-state index is -1.31. The summed E-state index contributed by atoms with van der Waals surface area (Å²) < 4.78 is 10.0. The van der Waals surface area contributed by atoms with Crippen molar-refractivity contribution in [2.24, 2.45) is 0 Å². The highest BCUT2D eigenvalue weighted by molar-refractivity contribution is 6.12. The van der Waals surface area contributed by atoms with Crippen molar-refractivity contribution in [3.63, 3.8) is 0 Å². The molecule has 11 heteroatoms. The van der Waals surface area contributed by atoms with Crippen molar-refractivity contribution in [3.8, 4) is 0 Å². The molecule has 4 amide bonds. The number of unbranched alkanes of at least 4 members (excludes halogenated alkanes) is 2. The third kappa shape index (κ3) is 6.68. The van der Waals surface area contributed by atoms with Gasteiger partial charge in [0, 0.05) is 44.4 Å². The standard InChI is InChI=1S/C19H24N2O9/c1-2-6-18(29-19(27)30-21-15(24)10-11-16(21)25)28-17(26)7-4-3-5-12-20-13(22)8-9-14(20)23/h8-9,18H,2-7,10-12H2,1H3.